The summed E-state index contributed by atoms with van der Waals surface area (Å²) in [7, 11) is 0. The van der Waals surface area contributed by atoms with Gasteiger partial charge in [-0.1, -0.05) is 43.3 Å². The minimum absolute atomic E-state index is 0.230. The molecule has 0 bridgehead atoms. The highest BCUT2D eigenvalue weighted by Gasteiger charge is 2.15. The van der Waals surface area contributed by atoms with Crippen LogP contribution in [0.3, 0.4) is 0 Å². The maximum Gasteiger partial charge on any atom is 0.343 e. The lowest BCUT2D eigenvalue weighted by Crippen LogP contribution is -2.32. The second-order valence-corrected chi connectivity index (χ2v) is 8.58. The smallest absolute Gasteiger partial charge is 0.343 e. The van der Waals surface area contributed by atoms with Crippen LogP contribution in [0.15, 0.2) is 90.0 Å². The Balaban J connectivity index is 1.37. The Bertz CT molecular complexity index is 1530. The first-order valence-electron chi connectivity index (χ1n) is 12.8. The average molecular weight is 540 g/mol. The zero-order chi connectivity index (χ0) is 28.3. The fraction of sp³-hybridized carbons (Fsp3) is 0.161. The second-order valence-electron chi connectivity index (χ2n) is 8.58. The summed E-state index contributed by atoms with van der Waals surface area (Å²) < 4.78 is 16.7. The lowest BCUT2D eigenvalue weighted by Gasteiger charge is -2.12. The number of amides is 2. The van der Waals surface area contributed by atoms with Gasteiger partial charge in [-0.2, -0.15) is 5.10 Å². The maximum absolute atomic E-state index is 12.7. The van der Waals surface area contributed by atoms with Crippen molar-refractivity contribution in [2.75, 3.05) is 18.5 Å². The molecule has 0 fully saturated rings. The number of rotatable bonds is 10. The number of nitrogens with one attached hydrogen (secondary N) is 2. The monoisotopic (exact) mass is 539 g/mol. The molecule has 40 heavy (non-hydrogen) atoms. The number of fused-ring (bicyclic) bond motifs is 1. The summed E-state index contributed by atoms with van der Waals surface area (Å²) in [6.45, 7) is 4.75. The molecule has 9 heteroatoms. The van der Waals surface area contributed by atoms with Crippen molar-refractivity contribution in [3.63, 3.8) is 0 Å². The van der Waals surface area contributed by atoms with E-state index in [9.17, 15) is 14.4 Å². The zero-order valence-electron chi connectivity index (χ0n) is 22.2. The number of benzene rings is 4. The minimum atomic E-state index is -0.925. The molecular formula is C31H29N3O6. The largest absolute Gasteiger partial charge is 0.494 e. The van der Waals surface area contributed by atoms with Gasteiger partial charge in [-0.15, -0.1) is 0 Å². The standard InChI is InChI=1S/C31H29N3O6/c1-3-18-39-24-15-13-23(14-16-24)31(37)40-27-17-12-21(19-28(27)38-4-2)20-32-34-30(36)29(35)33-26-11-7-9-22-8-5-6-10-25(22)26/h5-17,19-20H,3-4,18H2,1-2H3,(H,33,35)(H,34,36)/b32-20+. The highest BCUT2D eigenvalue weighted by molar-refractivity contribution is 6.40. The Labute approximate surface area is 231 Å². The van der Waals surface area contributed by atoms with E-state index in [0.717, 1.165) is 17.2 Å². The molecule has 4 aromatic carbocycles. The number of esters is 1. The molecule has 9 nitrogen and oxygen atoms in total. The van der Waals surface area contributed by atoms with Crippen molar-refractivity contribution in [2.45, 2.75) is 20.3 Å². The van der Waals surface area contributed by atoms with Crippen LogP contribution in [0.5, 0.6) is 17.2 Å². The van der Waals surface area contributed by atoms with E-state index in [1.807, 2.05) is 37.3 Å². The average Bonchev–Trinajstić information content (AvgIpc) is 2.97. The van der Waals surface area contributed by atoms with Crippen LogP contribution in [0.4, 0.5) is 5.69 Å². The Morgan fingerprint density at radius 2 is 1.60 bits per heavy atom. The molecule has 2 N–H and O–H groups in total. The number of ether oxygens (including phenoxy) is 3. The third-order valence-corrected chi connectivity index (χ3v) is 5.66. The summed E-state index contributed by atoms with van der Waals surface area (Å²) in [5, 5.41) is 8.24. The molecule has 4 aromatic rings. The van der Waals surface area contributed by atoms with E-state index in [0.29, 0.717) is 41.5 Å². The molecule has 4 rings (SSSR count). The van der Waals surface area contributed by atoms with Gasteiger partial charge in [0.15, 0.2) is 11.5 Å². The van der Waals surface area contributed by atoms with Crippen molar-refractivity contribution in [2.24, 2.45) is 5.10 Å². The fourth-order valence-corrected chi connectivity index (χ4v) is 3.75. The van der Waals surface area contributed by atoms with Gasteiger partial charge in [-0.3, -0.25) is 9.59 Å². The third-order valence-electron chi connectivity index (χ3n) is 5.66. The number of hydrazone groups is 1. The first-order chi connectivity index (χ1) is 19.5. The van der Waals surface area contributed by atoms with Crippen LogP contribution < -0.4 is 25.0 Å². The van der Waals surface area contributed by atoms with Gasteiger partial charge in [0, 0.05) is 11.1 Å². The summed E-state index contributed by atoms with van der Waals surface area (Å²) in [5.74, 6) is -1.10. The molecule has 0 radical (unpaired) electrons. The highest BCUT2D eigenvalue weighted by atomic mass is 16.6. The normalized spacial score (nSPS) is 10.8. The van der Waals surface area contributed by atoms with E-state index in [2.05, 4.69) is 15.8 Å². The van der Waals surface area contributed by atoms with Crippen LogP contribution in [0.2, 0.25) is 0 Å². The molecule has 0 aromatic heterocycles. The molecule has 0 heterocycles. The summed E-state index contributed by atoms with van der Waals surface area (Å²) in [4.78, 5) is 37.4. The van der Waals surface area contributed by atoms with Gasteiger partial charge in [0.05, 0.1) is 25.0 Å². The zero-order valence-corrected chi connectivity index (χ0v) is 22.2. The van der Waals surface area contributed by atoms with Gasteiger partial charge in [0.25, 0.3) is 0 Å². The predicted molar refractivity (Wildman–Crippen MR) is 153 cm³/mol. The Hall–Kier alpha value is -5.18. The molecule has 0 atom stereocenters. The van der Waals surface area contributed by atoms with Crippen molar-refractivity contribution in [3.8, 4) is 17.2 Å². The van der Waals surface area contributed by atoms with Crippen molar-refractivity contribution in [3.05, 3.63) is 96.1 Å². The highest BCUT2D eigenvalue weighted by Crippen LogP contribution is 2.29. The minimum Gasteiger partial charge on any atom is -0.494 e. The molecule has 0 aliphatic carbocycles. The molecule has 0 saturated heterocycles. The molecule has 2 amide bonds. The quantitative estimate of drug-likeness (QED) is 0.0925. The van der Waals surface area contributed by atoms with E-state index in [1.165, 1.54) is 6.21 Å². The van der Waals surface area contributed by atoms with Gasteiger partial charge < -0.3 is 19.5 Å². The summed E-state index contributed by atoms with van der Waals surface area (Å²) in [5.41, 5.74) is 3.65. The third kappa shape index (κ3) is 7.22. The number of carbonyl (C=O) groups excluding carboxylic acids is 3. The van der Waals surface area contributed by atoms with E-state index in [-0.39, 0.29) is 5.75 Å². The van der Waals surface area contributed by atoms with Gasteiger partial charge in [-0.25, -0.2) is 10.2 Å². The number of hydrogen-bond donors (Lipinski definition) is 2. The molecular weight excluding hydrogens is 510 g/mol. The molecule has 0 aliphatic heterocycles. The van der Waals surface area contributed by atoms with Crippen LogP contribution in [-0.2, 0) is 9.59 Å². The number of anilines is 1. The maximum atomic E-state index is 12.7. The van der Waals surface area contributed by atoms with E-state index in [1.54, 1.807) is 61.5 Å². The van der Waals surface area contributed by atoms with Crippen LogP contribution in [0.25, 0.3) is 10.8 Å². The molecule has 0 unspecified atom stereocenters. The van der Waals surface area contributed by atoms with Gasteiger partial charge >= 0.3 is 17.8 Å². The van der Waals surface area contributed by atoms with E-state index >= 15 is 0 Å². The van der Waals surface area contributed by atoms with Crippen molar-refractivity contribution < 1.29 is 28.6 Å². The molecule has 204 valence electrons. The fourth-order valence-electron chi connectivity index (χ4n) is 3.75. The van der Waals surface area contributed by atoms with Crippen LogP contribution in [0, 0.1) is 0 Å². The number of hydrogen-bond acceptors (Lipinski definition) is 7. The topological polar surface area (TPSA) is 115 Å². The van der Waals surface area contributed by atoms with Crippen molar-refractivity contribution in [1.82, 2.24) is 5.43 Å². The lowest BCUT2D eigenvalue weighted by atomic mass is 10.1. The SMILES string of the molecule is CCCOc1ccc(C(=O)Oc2ccc(/C=N/NC(=O)C(=O)Nc3cccc4ccccc34)cc2OCC)cc1. The van der Waals surface area contributed by atoms with Crippen molar-refractivity contribution in [1.29, 1.82) is 0 Å². The first-order valence-corrected chi connectivity index (χ1v) is 12.8. The molecule has 0 saturated carbocycles. The Kier molecular flexibility index (Phi) is 9.44. The summed E-state index contributed by atoms with van der Waals surface area (Å²) in [6.07, 6.45) is 2.24. The first kappa shape index (κ1) is 27.8. The lowest BCUT2D eigenvalue weighted by molar-refractivity contribution is -0.136. The Morgan fingerprint density at radius 3 is 2.38 bits per heavy atom. The van der Waals surface area contributed by atoms with Crippen LogP contribution in [-0.4, -0.2) is 37.2 Å². The van der Waals surface area contributed by atoms with Crippen LogP contribution >= 0.6 is 0 Å². The van der Waals surface area contributed by atoms with Gasteiger partial charge in [0.2, 0.25) is 0 Å². The number of carbonyl (C=O) groups is 3. The summed E-state index contributed by atoms with van der Waals surface area (Å²) in [6, 6.07) is 24.5. The van der Waals surface area contributed by atoms with Gasteiger partial charge in [0.1, 0.15) is 5.75 Å². The molecule has 0 spiro atoms. The number of nitrogens with zero attached hydrogens (tertiary/aromatic N) is 1. The predicted octanol–water partition coefficient (Wildman–Crippen LogP) is 5.34. The van der Waals surface area contributed by atoms with E-state index < -0.39 is 17.8 Å². The summed E-state index contributed by atoms with van der Waals surface area (Å²) >= 11 is 0. The van der Waals surface area contributed by atoms with Crippen LogP contribution in [0.1, 0.15) is 36.2 Å². The molecule has 0 aliphatic rings. The van der Waals surface area contributed by atoms with E-state index in [4.69, 9.17) is 14.2 Å². The van der Waals surface area contributed by atoms with Crippen molar-refractivity contribution >= 4 is 40.5 Å². The second kappa shape index (κ2) is 13.6. The Morgan fingerprint density at radius 1 is 0.825 bits per heavy atom. The van der Waals surface area contributed by atoms with Gasteiger partial charge in [-0.05, 0) is 72.8 Å².